The van der Waals surface area contributed by atoms with E-state index in [4.69, 9.17) is 4.74 Å². The van der Waals surface area contributed by atoms with Crippen molar-refractivity contribution in [1.82, 2.24) is 5.32 Å². The summed E-state index contributed by atoms with van der Waals surface area (Å²) in [6, 6.07) is 0.858. The maximum Gasteiger partial charge on any atom is 0.309 e. The Bertz CT molecular complexity index is 172. The molecule has 3 nitrogen and oxygen atoms in total. The van der Waals surface area contributed by atoms with Crippen LogP contribution in [0.1, 0.15) is 33.6 Å². The third-order valence-corrected chi connectivity index (χ3v) is 2.47. The molecule has 76 valence electrons. The van der Waals surface area contributed by atoms with Crippen LogP contribution in [0.25, 0.3) is 0 Å². The molecule has 0 radical (unpaired) electrons. The third kappa shape index (κ3) is 2.99. The molecule has 1 heterocycles. The van der Waals surface area contributed by atoms with E-state index in [0.717, 1.165) is 12.8 Å². The molecule has 1 N–H and O–H groups in total. The van der Waals surface area contributed by atoms with Crippen molar-refractivity contribution >= 4 is 5.97 Å². The van der Waals surface area contributed by atoms with Gasteiger partial charge >= 0.3 is 5.97 Å². The highest BCUT2D eigenvalue weighted by atomic mass is 16.5. The summed E-state index contributed by atoms with van der Waals surface area (Å²) in [6.45, 7) is 6.57. The van der Waals surface area contributed by atoms with E-state index in [1.807, 2.05) is 6.92 Å². The number of rotatable bonds is 2. The fourth-order valence-electron chi connectivity index (χ4n) is 2.02. The minimum absolute atomic E-state index is 0.0253. The molecule has 0 saturated carbocycles. The number of carbonyl (C=O) groups excluding carboxylic acids is 1. The van der Waals surface area contributed by atoms with Crippen LogP contribution < -0.4 is 5.32 Å². The molecule has 3 heteroatoms. The third-order valence-electron chi connectivity index (χ3n) is 2.47. The van der Waals surface area contributed by atoms with Crippen LogP contribution in [0, 0.1) is 5.92 Å². The molecule has 0 bridgehead atoms. The average Bonchev–Trinajstić information content (AvgIpc) is 2.03. The predicted octanol–water partition coefficient (Wildman–Crippen LogP) is 1.33. The van der Waals surface area contributed by atoms with Crippen LogP contribution in [0.5, 0.6) is 0 Å². The summed E-state index contributed by atoms with van der Waals surface area (Å²) in [5, 5.41) is 3.40. The number of hydrogen-bond acceptors (Lipinski definition) is 3. The van der Waals surface area contributed by atoms with Gasteiger partial charge in [-0.05, 0) is 33.6 Å². The summed E-state index contributed by atoms with van der Waals surface area (Å²) in [5.41, 5.74) is 0. The first kappa shape index (κ1) is 10.5. The van der Waals surface area contributed by atoms with Crippen molar-refractivity contribution < 1.29 is 9.53 Å². The van der Waals surface area contributed by atoms with Gasteiger partial charge in [-0.15, -0.1) is 0 Å². The number of esters is 1. The number of piperidine rings is 1. The lowest BCUT2D eigenvalue weighted by atomic mass is 9.89. The average molecular weight is 185 g/mol. The number of carbonyl (C=O) groups is 1. The van der Waals surface area contributed by atoms with E-state index in [2.05, 4.69) is 19.2 Å². The summed E-state index contributed by atoms with van der Waals surface area (Å²) in [7, 11) is 0. The van der Waals surface area contributed by atoms with Crippen molar-refractivity contribution in [2.75, 3.05) is 6.61 Å². The molecule has 1 aliphatic rings. The van der Waals surface area contributed by atoms with Crippen LogP contribution in [0.2, 0.25) is 0 Å². The van der Waals surface area contributed by atoms with Crippen molar-refractivity contribution in [2.45, 2.75) is 45.7 Å². The predicted molar refractivity (Wildman–Crippen MR) is 51.4 cm³/mol. The molecule has 1 aliphatic heterocycles. The van der Waals surface area contributed by atoms with Crippen molar-refractivity contribution in [3.05, 3.63) is 0 Å². The lowest BCUT2D eigenvalue weighted by molar-refractivity contribution is -0.149. The Morgan fingerprint density at radius 3 is 2.38 bits per heavy atom. The van der Waals surface area contributed by atoms with E-state index in [1.165, 1.54) is 0 Å². The van der Waals surface area contributed by atoms with Gasteiger partial charge in [0.2, 0.25) is 0 Å². The van der Waals surface area contributed by atoms with Gasteiger partial charge in [0.25, 0.3) is 0 Å². The summed E-state index contributed by atoms with van der Waals surface area (Å²) < 4.78 is 5.01. The summed E-state index contributed by atoms with van der Waals surface area (Å²) in [4.78, 5) is 11.4. The van der Waals surface area contributed by atoms with Crippen molar-refractivity contribution in [2.24, 2.45) is 5.92 Å². The van der Waals surface area contributed by atoms with Gasteiger partial charge < -0.3 is 10.1 Å². The molecule has 13 heavy (non-hydrogen) atoms. The van der Waals surface area contributed by atoms with Gasteiger partial charge in [-0.2, -0.15) is 0 Å². The molecular formula is C10H19NO2. The maximum absolute atomic E-state index is 11.4. The fourth-order valence-corrected chi connectivity index (χ4v) is 2.02. The van der Waals surface area contributed by atoms with E-state index >= 15 is 0 Å². The second-order valence-electron chi connectivity index (χ2n) is 3.89. The monoisotopic (exact) mass is 185 g/mol. The molecule has 1 saturated heterocycles. The molecule has 0 amide bonds. The summed E-state index contributed by atoms with van der Waals surface area (Å²) in [6.07, 6.45) is 1.81. The second-order valence-corrected chi connectivity index (χ2v) is 3.89. The van der Waals surface area contributed by atoms with E-state index < -0.39 is 0 Å². The smallest absolute Gasteiger partial charge is 0.309 e. The first-order valence-corrected chi connectivity index (χ1v) is 5.06. The molecule has 0 unspecified atom stereocenters. The molecule has 0 aromatic carbocycles. The Hall–Kier alpha value is -0.570. The summed E-state index contributed by atoms with van der Waals surface area (Å²) >= 11 is 0. The maximum atomic E-state index is 11.4. The van der Waals surface area contributed by atoms with Gasteiger partial charge in [-0.3, -0.25) is 4.79 Å². The van der Waals surface area contributed by atoms with Gasteiger partial charge in [0.05, 0.1) is 12.5 Å². The summed E-state index contributed by atoms with van der Waals surface area (Å²) in [5.74, 6) is 0.0777. The van der Waals surface area contributed by atoms with Crippen molar-refractivity contribution in [3.63, 3.8) is 0 Å². The zero-order chi connectivity index (χ0) is 9.84. The van der Waals surface area contributed by atoms with E-state index in [0.29, 0.717) is 18.7 Å². The van der Waals surface area contributed by atoms with Crippen molar-refractivity contribution in [1.29, 1.82) is 0 Å². The van der Waals surface area contributed by atoms with Gasteiger partial charge in [-0.1, -0.05) is 0 Å². The van der Waals surface area contributed by atoms with Gasteiger partial charge in [0.1, 0.15) is 0 Å². The first-order chi connectivity index (χ1) is 6.13. The lowest BCUT2D eigenvalue weighted by Gasteiger charge is -2.31. The highest BCUT2D eigenvalue weighted by molar-refractivity contribution is 5.72. The van der Waals surface area contributed by atoms with Gasteiger partial charge in [-0.25, -0.2) is 0 Å². The van der Waals surface area contributed by atoms with Crippen LogP contribution >= 0.6 is 0 Å². The Morgan fingerprint density at radius 1 is 1.38 bits per heavy atom. The molecule has 0 aromatic heterocycles. The van der Waals surface area contributed by atoms with Gasteiger partial charge in [0.15, 0.2) is 0 Å². The number of ether oxygens (including phenoxy) is 1. The van der Waals surface area contributed by atoms with Gasteiger partial charge in [0, 0.05) is 12.1 Å². The van der Waals surface area contributed by atoms with E-state index in [-0.39, 0.29) is 11.9 Å². The number of nitrogens with one attached hydrogen (secondary N) is 1. The van der Waals surface area contributed by atoms with Crippen LogP contribution in [-0.4, -0.2) is 24.7 Å². The molecule has 1 fully saturated rings. The Balaban J connectivity index is 2.45. The molecule has 0 aromatic rings. The Kier molecular flexibility index (Phi) is 3.72. The Labute approximate surface area is 79.8 Å². The Morgan fingerprint density at radius 2 is 1.92 bits per heavy atom. The fraction of sp³-hybridized carbons (Fsp3) is 0.900. The largest absolute Gasteiger partial charge is 0.466 e. The van der Waals surface area contributed by atoms with Crippen LogP contribution in [-0.2, 0) is 9.53 Å². The van der Waals surface area contributed by atoms with Crippen LogP contribution in [0.4, 0.5) is 0 Å². The lowest BCUT2D eigenvalue weighted by Crippen LogP contribution is -2.44. The minimum Gasteiger partial charge on any atom is -0.466 e. The molecule has 2 atom stereocenters. The van der Waals surface area contributed by atoms with E-state index in [1.54, 1.807) is 0 Å². The highest BCUT2D eigenvalue weighted by Crippen LogP contribution is 2.21. The van der Waals surface area contributed by atoms with E-state index in [9.17, 15) is 4.79 Å². The zero-order valence-corrected chi connectivity index (χ0v) is 8.67. The normalized spacial score (nSPS) is 34.2. The molecule has 0 aliphatic carbocycles. The molecule has 1 rings (SSSR count). The number of hydrogen-bond donors (Lipinski definition) is 1. The quantitative estimate of drug-likeness (QED) is 0.659. The highest BCUT2D eigenvalue weighted by Gasteiger charge is 2.29. The SMILES string of the molecule is CCOC(=O)C1C[C@H](C)N[C@@H](C)C1. The topological polar surface area (TPSA) is 38.3 Å². The van der Waals surface area contributed by atoms with Crippen LogP contribution in [0.15, 0.2) is 0 Å². The second kappa shape index (κ2) is 4.61. The van der Waals surface area contributed by atoms with Crippen molar-refractivity contribution in [3.8, 4) is 0 Å². The molecular weight excluding hydrogens is 166 g/mol. The minimum atomic E-state index is -0.0253. The first-order valence-electron chi connectivity index (χ1n) is 5.06. The zero-order valence-electron chi connectivity index (χ0n) is 8.67. The molecule has 0 spiro atoms. The van der Waals surface area contributed by atoms with Crippen LogP contribution in [0.3, 0.4) is 0 Å². The standard InChI is InChI=1S/C10H19NO2/c1-4-13-10(12)9-5-7(2)11-8(3)6-9/h7-9,11H,4-6H2,1-3H3/t7-,8-/m0/s1.